The zero-order chi connectivity index (χ0) is 8.15. The average Bonchev–Trinajstić information content (AvgIpc) is 1.81. The summed E-state index contributed by atoms with van der Waals surface area (Å²) in [5.41, 5.74) is 0.756. The third kappa shape index (κ3) is 3.72. The Balaban J connectivity index is 3.83. The van der Waals surface area contributed by atoms with Crippen molar-refractivity contribution in [2.75, 3.05) is 0 Å². The first kappa shape index (κ1) is 9.76. The zero-order valence-electron chi connectivity index (χ0n) is 6.90. The van der Waals surface area contributed by atoms with Crippen molar-refractivity contribution in [1.82, 2.24) is 0 Å². The molecule has 58 valence electrons. The Labute approximate surface area is 68.3 Å². The molecule has 0 aliphatic carbocycles. The molecule has 1 nitrogen and oxygen atoms in total. The van der Waals surface area contributed by atoms with Crippen LogP contribution >= 0.6 is 12.2 Å². The average molecular weight is 157 g/mol. The summed E-state index contributed by atoms with van der Waals surface area (Å²) in [5, 5.41) is 7.39. The van der Waals surface area contributed by atoms with E-state index in [1.807, 2.05) is 13.8 Å². The van der Waals surface area contributed by atoms with E-state index in [-0.39, 0.29) is 0 Å². The van der Waals surface area contributed by atoms with Crippen LogP contribution in [-0.2, 0) is 0 Å². The van der Waals surface area contributed by atoms with Gasteiger partial charge in [0.15, 0.2) is 0 Å². The summed E-state index contributed by atoms with van der Waals surface area (Å²) in [6, 6.07) is 0. The van der Waals surface area contributed by atoms with Crippen molar-refractivity contribution in [3.05, 3.63) is 0 Å². The largest absolute Gasteiger partial charge is 0.310 e. The van der Waals surface area contributed by atoms with Crippen molar-refractivity contribution in [3.63, 3.8) is 0 Å². The van der Waals surface area contributed by atoms with Gasteiger partial charge in [0.25, 0.3) is 0 Å². The summed E-state index contributed by atoms with van der Waals surface area (Å²) >= 11 is 4.96. The molecule has 0 aliphatic heterocycles. The lowest BCUT2D eigenvalue weighted by Crippen LogP contribution is -2.11. The highest BCUT2D eigenvalue weighted by molar-refractivity contribution is 7.80. The Kier molecular flexibility index (Phi) is 4.45. The highest BCUT2D eigenvalue weighted by Gasteiger charge is 2.08. The molecule has 0 aromatic heterocycles. The molecule has 1 atom stereocenters. The van der Waals surface area contributed by atoms with Crippen molar-refractivity contribution >= 4 is 22.8 Å². The quantitative estimate of drug-likeness (QED) is 0.492. The molecule has 0 heterocycles. The first-order chi connectivity index (χ1) is 4.57. The van der Waals surface area contributed by atoms with Gasteiger partial charge in [-0.1, -0.05) is 19.1 Å². The van der Waals surface area contributed by atoms with Crippen molar-refractivity contribution in [2.24, 2.45) is 5.92 Å². The molecule has 0 saturated heterocycles. The van der Waals surface area contributed by atoms with Gasteiger partial charge in [-0.05, 0) is 31.6 Å². The number of hydrogen-bond acceptors (Lipinski definition) is 2. The smallest absolute Gasteiger partial charge is 0.00924 e. The van der Waals surface area contributed by atoms with Crippen LogP contribution in [0.25, 0.3) is 0 Å². The zero-order valence-corrected chi connectivity index (χ0v) is 7.72. The summed E-state index contributed by atoms with van der Waals surface area (Å²) in [6.07, 6.45) is 1.94. The van der Waals surface area contributed by atoms with Gasteiger partial charge in [-0.3, -0.25) is 0 Å². The topological polar surface area (TPSA) is 23.9 Å². The number of thiocarbonyl (C=S) groups is 1. The van der Waals surface area contributed by atoms with Crippen LogP contribution in [0.2, 0.25) is 0 Å². The van der Waals surface area contributed by atoms with Crippen molar-refractivity contribution < 1.29 is 0 Å². The van der Waals surface area contributed by atoms with Gasteiger partial charge in [-0.2, -0.15) is 0 Å². The highest BCUT2D eigenvalue weighted by atomic mass is 32.1. The van der Waals surface area contributed by atoms with E-state index >= 15 is 0 Å². The Bertz CT molecular complexity index is 140. The van der Waals surface area contributed by atoms with Gasteiger partial charge in [-0.25, -0.2) is 0 Å². The fraction of sp³-hybridized carbons (Fsp3) is 0.750. The number of nitrogens with one attached hydrogen (secondary N) is 1. The summed E-state index contributed by atoms with van der Waals surface area (Å²) in [6.45, 7) is 5.90. The minimum absolute atomic E-state index is 0.387. The Hall–Kier alpha value is -0.240. The standard InChI is InChI=1S/C8H15NS/c1-4-8(7(3)9)5-6(2)10/h8-9H,4-5H2,1-3H3. The maximum atomic E-state index is 7.39. The minimum Gasteiger partial charge on any atom is -0.310 e. The molecule has 0 bridgehead atoms. The van der Waals surface area contributed by atoms with Crippen molar-refractivity contribution in [3.8, 4) is 0 Å². The molecule has 0 saturated carbocycles. The van der Waals surface area contributed by atoms with Crippen LogP contribution in [0.15, 0.2) is 0 Å². The van der Waals surface area contributed by atoms with E-state index in [9.17, 15) is 0 Å². The van der Waals surface area contributed by atoms with Gasteiger partial charge in [0.2, 0.25) is 0 Å². The Morgan fingerprint density at radius 2 is 2.00 bits per heavy atom. The molecule has 0 spiro atoms. The Morgan fingerprint density at radius 3 is 2.10 bits per heavy atom. The predicted molar refractivity (Wildman–Crippen MR) is 50.1 cm³/mol. The van der Waals surface area contributed by atoms with Gasteiger partial charge >= 0.3 is 0 Å². The van der Waals surface area contributed by atoms with Gasteiger partial charge in [0.1, 0.15) is 0 Å². The molecule has 1 unspecified atom stereocenters. The van der Waals surface area contributed by atoms with Crippen LogP contribution in [0, 0.1) is 11.3 Å². The second kappa shape index (κ2) is 4.56. The number of hydrogen-bond donors (Lipinski definition) is 1. The summed E-state index contributed by atoms with van der Waals surface area (Å²) in [4.78, 5) is 1.01. The van der Waals surface area contributed by atoms with Crippen LogP contribution in [-0.4, -0.2) is 10.6 Å². The second-order valence-corrected chi connectivity index (χ2v) is 3.39. The minimum atomic E-state index is 0.387. The van der Waals surface area contributed by atoms with E-state index in [0.29, 0.717) is 5.92 Å². The van der Waals surface area contributed by atoms with Crippen LogP contribution < -0.4 is 0 Å². The lowest BCUT2D eigenvalue weighted by atomic mass is 9.96. The maximum absolute atomic E-state index is 7.39. The Morgan fingerprint density at radius 1 is 1.50 bits per heavy atom. The van der Waals surface area contributed by atoms with Crippen LogP contribution in [0.1, 0.15) is 33.6 Å². The molecule has 0 aliphatic rings. The first-order valence-corrected chi connectivity index (χ1v) is 4.03. The van der Waals surface area contributed by atoms with Crippen LogP contribution in [0.5, 0.6) is 0 Å². The third-order valence-electron chi connectivity index (χ3n) is 1.64. The van der Waals surface area contributed by atoms with E-state index in [0.717, 1.165) is 23.4 Å². The molecule has 0 fully saturated rings. The molecule has 0 amide bonds. The van der Waals surface area contributed by atoms with Gasteiger partial charge in [-0.15, -0.1) is 0 Å². The van der Waals surface area contributed by atoms with Crippen molar-refractivity contribution in [1.29, 1.82) is 5.41 Å². The molecule has 0 aromatic rings. The SMILES string of the molecule is CCC(CC(C)=S)C(C)=N. The molecule has 0 aromatic carbocycles. The number of rotatable bonds is 4. The maximum Gasteiger partial charge on any atom is 0.00924 e. The molecule has 0 radical (unpaired) electrons. The third-order valence-corrected chi connectivity index (χ3v) is 1.81. The van der Waals surface area contributed by atoms with E-state index in [1.54, 1.807) is 0 Å². The highest BCUT2D eigenvalue weighted by Crippen LogP contribution is 2.10. The van der Waals surface area contributed by atoms with Gasteiger partial charge < -0.3 is 5.41 Å². The molecular weight excluding hydrogens is 142 g/mol. The molecule has 2 heteroatoms. The van der Waals surface area contributed by atoms with Crippen LogP contribution in [0.3, 0.4) is 0 Å². The van der Waals surface area contributed by atoms with Gasteiger partial charge in [0, 0.05) is 11.6 Å². The lowest BCUT2D eigenvalue weighted by molar-refractivity contribution is 0.690. The van der Waals surface area contributed by atoms with E-state index < -0.39 is 0 Å². The molecular formula is C8H15NS. The van der Waals surface area contributed by atoms with E-state index in [2.05, 4.69) is 6.92 Å². The van der Waals surface area contributed by atoms with Crippen molar-refractivity contribution in [2.45, 2.75) is 33.6 Å². The molecule has 1 N–H and O–H groups in total. The monoisotopic (exact) mass is 157 g/mol. The lowest BCUT2D eigenvalue weighted by Gasteiger charge is -2.11. The summed E-state index contributed by atoms with van der Waals surface area (Å²) in [5.74, 6) is 0.387. The molecule has 0 rings (SSSR count). The normalized spacial score (nSPS) is 12.7. The summed E-state index contributed by atoms with van der Waals surface area (Å²) in [7, 11) is 0. The predicted octanol–water partition coefficient (Wildman–Crippen LogP) is 2.83. The van der Waals surface area contributed by atoms with Crippen LogP contribution in [0.4, 0.5) is 0 Å². The molecule has 10 heavy (non-hydrogen) atoms. The fourth-order valence-electron chi connectivity index (χ4n) is 0.951. The summed E-state index contributed by atoms with van der Waals surface area (Å²) < 4.78 is 0. The first-order valence-electron chi connectivity index (χ1n) is 3.62. The fourth-order valence-corrected chi connectivity index (χ4v) is 1.15. The van der Waals surface area contributed by atoms with E-state index in [1.165, 1.54) is 0 Å². The van der Waals surface area contributed by atoms with Gasteiger partial charge in [0.05, 0.1) is 0 Å². The second-order valence-electron chi connectivity index (χ2n) is 2.69. The van der Waals surface area contributed by atoms with E-state index in [4.69, 9.17) is 17.6 Å².